The van der Waals surface area contributed by atoms with Gasteiger partial charge in [0, 0.05) is 6.20 Å². The van der Waals surface area contributed by atoms with Crippen LogP contribution in [-0.4, -0.2) is 4.98 Å². The zero-order valence-electron chi connectivity index (χ0n) is 4.66. The number of rotatable bonds is 0. The van der Waals surface area contributed by atoms with E-state index < -0.39 is 0 Å². The molecule has 1 aromatic rings. The second kappa shape index (κ2) is 3.91. The molecule has 0 fully saturated rings. The van der Waals surface area contributed by atoms with Crippen LogP contribution >= 0.6 is 0 Å². The van der Waals surface area contributed by atoms with Crippen molar-refractivity contribution in [2.75, 3.05) is 0 Å². The Morgan fingerprint density at radius 3 is 2.38 bits per heavy atom. The van der Waals surface area contributed by atoms with E-state index >= 15 is 0 Å². The Morgan fingerprint density at radius 1 is 1.38 bits per heavy atom. The molecule has 0 aliphatic heterocycles. The SMILES string of the molecule is [Li+].[S-]c1ccccn1. The summed E-state index contributed by atoms with van der Waals surface area (Å²) in [6, 6.07) is 5.50. The summed E-state index contributed by atoms with van der Waals surface area (Å²) < 4.78 is 0. The predicted octanol–water partition coefficient (Wildman–Crippen LogP) is -2.01. The molecule has 1 aromatic heterocycles. The van der Waals surface area contributed by atoms with Crippen LogP contribution in [0.4, 0.5) is 0 Å². The number of hydrogen-bond acceptors (Lipinski definition) is 2. The topological polar surface area (TPSA) is 12.9 Å². The third kappa shape index (κ3) is 2.32. The van der Waals surface area contributed by atoms with Gasteiger partial charge in [0.2, 0.25) is 0 Å². The number of aromatic nitrogens is 1. The van der Waals surface area contributed by atoms with Gasteiger partial charge in [-0.1, -0.05) is 17.2 Å². The van der Waals surface area contributed by atoms with E-state index in [1.807, 2.05) is 12.1 Å². The molecule has 0 aliphatic carbocycles. The standard InChI is InChI=1S/C5H5NS.Li/c7-5-3-1-2-4-6-5;/h1-4H,(H,6,7);/q;+1/p-1. The fraction of sp³-hybridized carbons (Fsp3) is 0. The summed E-state index contributed by atoms with van der Waals surface area (Å²) >= 11 is 4.70. The first kappa shape index (κ1) is 7.97. The monoisotopic (exact) mass is 117 g/mol. The molecule has 36 valence electrons. The fourth-order valence-electron chi connectivity index (χ4n) is 0.347. The van der Waals surface area contributed by atoms with Crippen molar-refractivity contribution in [1.29, 1.82) is 0 Å². The van der Waals surface area contributed by atoms with E-state index in [2.05, 4.69) is 4.98 Å². The Morgan fingerprint density at radius 2 is 2.12 bits per heavy atom. The Kier molecular flexibility index (Phi) is 3.89. The predicted molar refractivity (Wildman–Crippen MR) is 29.9 cm³/mol. The second-order valence-corrected chi connectivity index (χ2v) is 1.59. The molecule has 0 N–H and O–H groups in total. The van der Waals surface area contributed by atoms with Gasteiger partial charge in [-0.15, -0.1) is 0 Å². The average molecular weight is 117 g/mol. The Bertz CT molecular complexity index is 142. The van der Waals surface area contributed by atoms with Gasteiger partial charge in [0.15, 0.2) is 0 Å². The molecule has 0 spiro atoms. The van der Waals surface area contributed by atoms with Crippen molar-refractivity contribution in [2.24, 2.45) is 0 Å². The van der Waals surface area contributed by atoms with Gasteiger partial charge in [0.05, 0.1) is 0 Å². The van der Waals surface area contributed by atoms with Crippen molar-refractivity contribution in [3.05, 3.63) is 24.4 Å². The van der Waals surface area contributed by atoms with E-state index in [0.29, 0.717) is 5.03 Å². The molecular weight excluding hydrogens is 113 g/mol. The molecule has 3 heteroatoms. The summed E-state index contributed by atoms with van der Waals surface area (Å²) in [6.45, 7) is 0. The van der Waals surface area contributed by atoms with Crippen LogP contribution < -0.4 is 18.9 Å². The van der Waals surface area contributed by atoms with Crippen LogP contribution in [0.3, 0.4) is 0 Å². The van der Waals surface area contributed by atoms with Crippen LogP contribution in [0.1, 0.15) is 0 Å². The van der Waals surface area contributed by atoms with E-state index in [0.717, 1.165) is 0 Å². The minimum Gasteiger partial charge on any atom is -0.760 e. The smallest absolute Gasteiger partial charge is 0.760 e. The number of hydrogen-bond donors (Lipinski definition) is 0. The molecule has 1 nitrogen and oxygen atoms in total. The Balaban J connectivity index is 0.000000490. The molecule has 0 atom stereocenters. The van der Waals surface area contributed by atoms with Gasteiger partial charge in [-0.25, -0.2) is 0 Å². The van der Waals surface area contributed by atoms with E-state index in [4.69, 9.17) is 12.6 Å². The quantitative estimate of drug-likeness (QED) is 0.288. The summed E-state index contributed by atoms with van der Waals surface area (Å²) in [5.41, 5.74) is 0. The summed E-state index contributed by atoms with van der Waals surface area (Å²) in [5.74, 6) is 0. The molecule has 0 bridgehead atoms. The minimum atomic E-state index is 0. The van der Waals surface area contributed by atoms with Crippen molar-refractivity contribution in [1.82, 2.24) is 4.98 Å². The molecule has 0 saturated carbocycles. The molecule has 0 aliphatic rings. The Hall–Kier alpha value is -0.0326. The van der Waals surface area contributed by atoms with E-state index in [1.165, 1.54) is 0 Å². The van der Waals surface area contributed by atoms with E-state index in [1.54, 1.807) is 12.3 Å². The van der Waals surface area contributed by atoms with Gasteiger partial charge in [-0.2, -0.15) is 0 Å². The van der Waals surface area contributed by atoms with Gasteiger partial charge in [-0.3, -0.25) is 4.98 Å². The first-order chi connectivity index (χ1) is 3.39. The van der Waals surface area contributed by atoms with Crippen LogP contribution in [0, 0.1) is 0 Å². The number of pyridine rings is 1. The summed E-state index contributed by atoms with van der Waals surface area (Å²) in [7, 11) is 0. The van der Waals surface area contributed by atoms with Gasteiger partial charge in [0.25, 0.3) is 0 Å². The molecule has 1 heterocycles. The molecule has 1 rings (SSSR count). The summed E-state index contributed by atoms with van der Waals surface area (Å²) in [5, 5.41) is 0.655. The van der Waals surface area contributed by atoms with Gasteiger partial charge >= 0.3 is 18.9 Å². The first-order valence-corrected chi connectivity index (χ1v) is 2.38. The van der Waals surface area contributed by atoms with Crippen LogP contribution in [0.25, 0.3) is 0 Å². The van der Waals surface area contributed by atoms with Gasteiger partial charge < -0.3 is 12.6 Å². The van der Waals surface area contributed by atoms with Crippen LogP contribution in [0.2, 0.25) is 0 Å². The van der Waals surface area contributed by atoms with E-state index in [-0.39, 0.29) is 18.9 Å². The van der Waals surface area contributed by atoms with Crippen molar-refractivity contribution < 1.29 is 18.9 Å². The maximum Gasteiger partial charge on any atom is 1.00 e. The molecular formula is C5H4LiNS. The molecule has 0 unspecified atom stereocenters. The normalized spacial score (nSPS) is 7.50. The fourth-order valence-corrected chi connectivity index (χ4v) is 0.487. The first-order valence-electron chi connectivity index (χ1n) is 1.97. The summed E-state index contributed by atoms with van der Waals surface area (Å²) in [4.78, 5) is 3.79. The Labute approximate surface area is 66.1 Å². The molecule has 0 aromatic carbocycles. The van der Waals surface area contributed by atoms with E-state index in [9.17, 15) is 0 Å². The van der Waals surface area contributed by atoms with Gasteiger partial charge in [-0.05, 0) is 6.07 Å². The maximum atomic E-state index is 4.70. The molecule has 0 amide bonds. The van der Waals surface area contributed by atoms with Crippen molar-refractivity contribution >= 4 is 12.6 Å². The van der Waals surface area contributed by atoms with Crippen molar-refractivity contribution in [3.63, 3.8) is 0 Å². The van der Waals surface area contributed by atoms with Crippen LogP contribution in [0.5, 0.6) is 0 Å². The molecule has 8 heavy (non-hydrogen) atoms. The minimum absolute atomic E-state index is 0. The van der Waals surface area contributed by atoms with Crippen LogP contribution in [-0.2, 0) is 12.6 Å². The second-order valence-electron chi connectivity index (χ2n) is 1.17. The number of nitrogens with zero attached hydrogens (tertiary/aromatic N) is 1. The maximum absolute atomic E-state index is 4.70. The van der Waals surface area contributed by atoms with Gasteiger partial charge in [0.1, 0.15) is 0 Å². The van der Waals surface area contributed by atoms with Crippen molar-refractivity contribution in [3.8, 4) is 0 Å². The average Bonchev–Trinajstić information content (AvgIpc) is 1.69. The van der Waals surface area contributed by atoms with Crippen molar-refractivity contribution in [2.45, 2.75) is 5.03 Å². The zero-order valence-corrected chi connectivity index (χ0v) is 5.48. The third-order valence-electron chi connectivity index (χ3n) is 0.638. The zero-order chi connectivity index (χ0) is 5.11. The molecule has 0 radical (unpaired) electrons. The summed E-state index contributed by atoms with van der Waals surface area (Å²) in [6.07, 6.45) is 1.68. The molecule has 0 saturated heterocycles. The largest absolute Gasteiger partial charge is 1.00 e. The van der Waals surface area contributed by atoms with Crippen LogP contribution in [0.15, 0.2) is 29.4 Å². The third-order valence-corrected chi connectivity index (χ3v) is 0.879.